The van der Waals surface area contributed by atoms with Gasteiger partial charge in [0.2, 0.25) is 5.91 Å². The van der Waals surface area contributed by atoms with Gasteiger partial charge in [-0.3, -0.25) is 4.79 Å². The molecule has 0 spiro atoms. The van der Waals surface area contributed by atoms with Gasteiger partial charge in [0.05, 0.1) is 22.5 Å². The number of pyridine rings is 1. The molecule has 0 atom stereocenters. The zero-order chi connectivity index (χ0) is 22.4. The van der Waals surface area contributed by atoms with Crippen LogP contribution in [-0.2, 0) is 4.79 Å². The lowest BCUT2D eigenvalue weighted by atomic mass is 10.1. The Balaban J connectivity index is 1.57. The number of carbonyl (C=O) groups is 1. The summed E-state index contributed by atoms with van der Waals surface area (Å²) in [5.41, 5.74) is 7.27. The molecule has 0 aliphatic carbocycles. The Morgan fingerprint density at radius 2 is 1.94 bits per heavy atom. The van der Waals surface area contributed by atoms with E-state index >= 15 is 0 Å². The van der Waals surface area contributed by atoms with Gasteiger partial charge >= 0.3 is 0 Å². The predicted octanol–water partition coefficient (Wildman–Crippen LogP) is 4.65. The number of hydrogen-bond donors (Lipinski definition) is 2. The van der Waals surface area contributed by atoms with Crippen molar-refractivity contribution in [3.63, 3.8) is 0 Å². The molecule has 0 bridgehead atoms. The number of benzene rings is 2. The number of anilines is 1. The van der Waals surface area contributed by atoms with Crippen LogP contribution in [0, 0.1) is 13.8 Å². The molecule has 1 amide bonds. The highest BCUT2D eigenvalue weighted by atomic mass is 32.2. The molecule has 0 fully saturated rings. The molecule has 3 aromatic rings. The number of thioether (sulfide) groups is 1. The van der Waals surface area contributed by atoms with E-state index in [4.69, 9.17) is 0 Å². The Labute approximate surface area is 187 Å². The number of phenolic OH excluding ortho intramolecular Hbond substituents is 1. The first-order valence-electron chi connectivity index (χ1n) is 10.3. The molecule has 6 nitrogen and oxygen atoms in total. The highest BCUT2D eigenvalue weighted by Crippen LogP contribution is 2.25. The van der Waals surface area contributed by atoms with E-state index in [-0.39, 0.29) is 17.4 Å². The number of aryl methyl sites for hydroxylation is 2. The minimum atomic E-state index is -0.232. The van der Waals surface area contributed by atoms with Crippen LogP contribution in [-0.4, -0.2) is 41.1 Å². The standard InChI is InChI=1S/C24H28N4O2S/c1-5-28(6-2)19-9-8-18(22(29)13-19)14-25-27-23(30)15-31-24-12-17(4)20-11-16(3)7-10-21(20)26-24/h7-14,29H,5-6,15H2,1-4H3,(H,27,30). The average molecular weight is 437 g/mol. The number of aromatic nitrogens is 1. The van der Waals surface area contributed by atoms with Gasteiger partial charge in [-0.25, -0.2) is 10.4 Å². The van der Waals surface area contributed by atoms with Gasteiger partial charge in [0.15, 0.2) is 0 Å². The van der Waals surface area contributed by atoms with E-state index in [1.54, 1.807) is 12.1 Å². The lowest BCUT2D eigenvalue weighted by molar-refractivity contribution is -0.118. The van der Waals surface area contributed by atoms with E-state index in [2.05, 4.69) is 54.2 Å². The fraction of sp³-hybridized carbons (Fsp3) is 0.292. The molecule has 1 aromatic heterocycles. The van der Waals surface area contributed by atoms with Crippen LogP contribution in [0.1, 0.15) is 30.5 Å². The number of aromatic hydroxyl groups is 1. The molecule has 1 heterocycles. The third kappa shape index (κ3) is 5.76. The third-order valence-electron chi connectivity index (χ3n) is 5.03. The number of nitrogens with one attached hydrogen (secondary N) is 1. The van der Waals surface area contributed by atoms with Gasteiger partial charge in [-0.15, -0.1) is 0 Å². The summed E-state index contributed by atoms with van der Waals surface area (Å²) in [5, 5.41) is 16.1. The minimum absolute atomic E-state index is 0.128. The Hall–Kier alpha value is -3.06. The van der Waals surface area contributed by atoms with Crippen molar-refractivity contribution in [2.75, 3.05) is 23.7 Å². The Morgan fingerprint density at radius 1 is 1.16 bits per heavy atom. The van der Waals surface area contributed by atoms with E-state index in [9.17, 15) is 9.90 Å². The number of fused-ring (bicyclic) bond motifs is 1. The summed E-state index contributed by atoms with van der Waals surface area (Å²) in [5.74, 6) is 0.0976. The first kappa shape index (κ1) is 22.6. The van der Waals surface area contributed by atoms with Crippen molar-refractivity contribution in [2.24, 2.45) is 5.10 Å². The van der Waals surface area contributed by atoms with Crippen LogP contribution in [0.2, 0.25) is 0 Å². The maximum absolute atomic E-state index is 12.2. The van der Waals surface area contributed by atoms with Crippen LogP contribution >= 0.6 is 11.8 Å². The van der Waals surface area contributed by atoms with Crippen LogP contribution in [0.5, 0.6) is 5.75 Å². The molecule has 0 saturated carbocycles. The fourth-order valence-electron chi connectivity index (χ4n) is 3.32. The summed E-state index contributed by atoms with van der Waals surface area (Å²) in [6.45, 7) is 9.98. The number of nitrogens with zero attached hydrogens (tertiary/aromatic N) is 3. The lowest BCUT2D eigenvalue weighted by Crippen LogP contribution is -2.21. The first-order chi connectivity index (χ1) is 14.9. The molecule has 0 saturated heterocycles. The Bertz CT molecular complexity index is 1110. The normalized spacial score (nSPS) is 11.2. The molecule has 162 valence electrons. The van der Waals surface area contributed by atoms with E-state index in [0.717, 1.165) is 40.3 Å². The number of hydrazone groups is 1. The van der Waals surface area contributed by atoms with E-state index < -0.39 is 0 Å². The maximum Gasteiger partial charge on any atom is 0.250 e. The molecular weight excluding hydrogens is 408 g/mol. The van der Waals surface area contributed by atoms with E-state index in [1.807, 2.05) is 24.3 Å². The molecule has 0 aliphatic heterocycles. The van der Waals surface area contributed by atoms with Gasteiger partial charge in [0.25, 0.3) is 0 Å². The highest BCUT2D eigenvalue weighted by Gasteiger charge is 2.08. The van der Waals surface area contributed by atoms with E-state index in [0.29, 0.717) is 5.56 Å². The number of rotatable bonds is 8. The summed E-state index contributed by atoms with van der Waals surface area (Å²) in [7, 11) is 0. The molecule has 0 unspecified atom stereocenters. The molecule has 7 heteroatoms. The van der Waals surface area contributed by atoms with Gasteiger partial charge in [0.1, 0.15) is 5.75 Å². The lowest BCUT2D eigenvalue weighted by Gasteiger charge is -2.21. The number of carbonyl (C=O) groups excluding carboxylic acids is 1. The quantitative estimate of drug-likeness (QED) is 0.305. The second-order valence-electron chi connectivity index (χ2n) is 7.30. The number of phenols is 1. The summed E-state index contributed by atoms with van der Waals surface area (Å²) in [4.78, 5) is 18.9. The molecule has 0 aliphatic rings. The second kappa shape index (κ2) is 10.3. The summed E-state index contributed by atoms with van der Waals surface area (Å²) in [6, 6.07) is 13.6. The monoisotopic (exact) mass is 436 g/mol. The van der Waals surface area contributed by atoms with Crippen molar-refractivity contribution in [2.45, 2.75) is 32.7 Å². The summed E-state index contributed by atoms with van der Waals surface area (Å²) in [6.07, 6.45) is 1.45. The highest BCUT2D eigenvalue weighted by molar-refractivity contribution is 7.99. The van der Waals surface area contributed by atoms with Crippen LogP contribution in [0.4, 0.5) is 5.69 Å². The van der Waals surface area contributed by atoms with E-state index in [1.165, 1.54) is 23.5 Å². The molecule has 2 N–H and O–H groups in total. The summed E-state index contributed by atoms with van der Waals surface area (Å²) < 4.78 is 0. The number of amides is 1. The first-order valence-corrected chi connectivity index (χ1v) is 11.3. The van der Waals surface area contributed by atoms with Crippen molar-refractivity contribution >= 4 is 40.5 Å². The Kier molecular flexibility index (Phi) is 7.52. The van der Waals surface area contributed by atoms with Crippen molar-refractivity contribution < 1.29 is 9.90 Å². The molecule has 2 aromatic carbocycles. The van der Waals surface area contributed by atoms with Gasteiger partial charge in [-0.2, -0.15) is 5.10 Å². The maximum atomic E-state index is 12.2. The van der Waals surface area contributed by atoms with Crippen LogP contribution in [0.25, 0.3) is 10.9 Å². The topological polar surface area (TPSA) is 77.8 Å². The SMILES string of the molecule is CCN(CC)c1ccc(C=NNC(=O)CSc2cc(C)c3cc(C)ccc3n2)c(O)c1. The molecule has 3 rings (SSSR count). The van der Waals surface area contributed by atoms with Crippen LogP contribution in [0.15, 0.2) is 52.6 Å². The second-order valence-corrected chi connectivity index (χ2v) is 8.29. The van der Waals surface area contributed by atoms with Crippen molar-refractivity contribution in [1.29, 1.82) is 0 Å². The zero-order valence-electron chi connectivity index (χ0n) is 18.3. The Morgan fingerprint density at radius 3 is 2.65 bits per heavy atom. The van der Waals surface area contributed by atoms with Crippen molar-refractivity contribution in [3.8, 4) is 5.75 Å². The molecule has 31 heavy (non-hydrogen) atoms. The molecule has 0 radical (unpaired) electrons. The van der Waals surface area contributed by atoms with Gasteiger partial charge in [0, 0.05) is 35.8 Å². The molecular formula is C24H28N4O2S. The van der Waals surface area contributed by atoms with Gasteiger partial charge in [-0.05, 0) is 63.6 Å². The van der Waals surface area contributed by atoms with Crippen molar-refractivity contribution in [3.05, 3.63) is 59.2 Å². The third-order valence-corrected chi connectivity index (χ3v) is 5.95. The predicted molar refractivity (Wildman–Crippen MR) is 129 cm³/mol. The van der Waals surface area contributed by atoms with Crippen LogP contribution < -0.4 is 10.3 Å². The smallest absolute Gasteiger partial charge is 0.250 e. The van der Waals surface area contributed by atoms with Gasteiger partial charge in [-0.1, -0.05) is 23.4 Å². The van der Waals surface area contributed by atoms with Gasteiger partial charge < -0.3 is 10.0 Å². The average Bonchev–Trinajstić information content (AvgIpc) is 2.75. The van der Waals surface area contributed by atoms with Crippen LogP contribution in [0.3, 0.4) is 0 Å². The summed E-state index contributed by atoms with van der Waals surface area (Å²) >= 11 is 1.37. The van der Waals surface area contributed by atoms with Crippen molar-refractivity contribution in [1.82, 2.24) is 10.4 Å². The minimum Gasteiger partial charge on any atom is -0.507 e. The number of hydrogen-bond acceptors (Lipinski definition) is 6. The largest absolute Gasteiger partial charge is 0.507 e. The zero-order valence-corrected chi connectivity index (χ0v) is 19.2. The fourth-order valence-corrected chi connectivity index (χ4v) is 4.09.